The van der Waals surface area contributed by atoms with Crippen LogP contribution in [-0.4, -0.2) is 53.0 Å². The highest BCUT2D eigenvalue weighted by molar-refractivity contribution is 5.87. The van der Waals surface area contributed by atoms with E-state index in [2.05, 4.69) is 5.10 Å². The minimum Gasteiger partial charge on any atom is -0.508 e. The SMILES string of the molecule is O=C(N/N=C/c1ccc(O)cc1)C(F)(F)C(F)(F)C(F)(F)C(F)(F)C(F)(F)C(F)(F)F. The minimum atomic E-state index is -8.10. The van der Waals surface area contributed by atoms with Crippen LogP contribution in [-0.2, 0) is 4.79 Å². The molecule has 0 bridgehead atoms. The van der Waals surface area contributed by atoms with Crippen LogP contribution in [0.2, 0.25) is 0 Å². The number of hydrazone groups is 1. The number of nitrogens with one attached hydrogen (secondary N) is 1. The van der Waals surface area contributed by atoms with Gasteiger partial charge in [0.25, 0.3) is 0 Å². The van der Waals surface area contributed by atoms with Crippen molar-refractivity contribution in [3.63, 3.8) is 0 Å². The van der Waals surface area contributed by atoms with Gasteiger partial charge in [-0.15, -0.1) is 0 Å². The predicted octanol–water partition coefficient (Wildman–Crippen LogP) is 4.58. The van der Waals surface area contributed by atoms with Crippen LogP contribution in [0, 0.1) is 0 Å². The van der Waals surface area contributed by atoms with Gasteiger partial charge in [-0.3, -0.25) is 4.79 Å². The third-order valence-electron chi connectivity index (χ3n) is 3.49. The normalized spacial score (nSPS) is 14.7. The molecule has 0 fully saturated rings. The zero-order chi connectivity index (χ0) is 24.7. The van der Waals surface area contributed by atoms with E-state index in [1.807, 2.05) is 0 Å². The molecule has 0 spiro atoms. The first-order valence-corrected chi connectivity index (χ1v) is 7.23. The van der Waals surface area contributed by atoms with E-state index < -0.39 is 41.7 Å². The Bertz CT molecular complexity index is 832. The third-order valence-corrected chi connectivity index (χ3v) is 3.49. The maximum Gasteiger partial charge on any atom is 0.460 e. The largest absolute Gasteiger partial charge is 0.508 e. The molecule has 2 N–H and O–H groups in total. The van der Waals surface area contributed by atoms with Crippen molar-refractivity contribution in [1.29, 1.82) is 0 Å². The van der Waals surface area contributed by atoms with Gasteiger partial charge in [0.05, 0.1) is 6.21 Å². The summed E-state index contributed by atoms with van der Waals surface area (Å²) in [6.45, 7) is 0. The monoisotopic (exact) mass is 482 g/mol. The van der Waals surface area contributed by atoms with E-state index in [1.54, 1.807) is 0 Å². The molecule has 4 nitrogen and oxygen atoms in total. The van der Waals surface area contributed by atoms with Crippen molar-refractivity contribution in [3.05, 3.63) is 29.8 Å². The highest BCUT2D eigenvalue weighted by atomic mass is 19.4. The van der Waals surface area contributed by atoms with Gasteiger partial charge in [0.2, 0.25) is 0 Å². The van der Waals surface area contributed by atoms with Crippen LogP contribution in [0.5, 0.6) is 5.75 Å². The van der Waals surface area contributed by atoms with Crippen molar-refractivity contribution in [3.8, 4) is 5.75 Å². The molecule has 0 aliphatic heterocycles. The predicted molar refractivity (Wildman–Crippen MR) is 74.6 cm³/mol. The van der Waals surface area contributed by atoms with Gasteiger partial charge in [0.1, 0.15) is 5.75 Å². The number of hydrogen-bond acceptors (Lipinski definition) is 3. The molecule has 0 aliphatic rings. The van der Waals surface area contributed by atoms with Crippen LogP contribution in [0.1, 0.15) is 5.56 Å². The Hall–Kier alpha value is -2.75. The molecule has 0 atom stereocenters. The molecule has 0 heterocycles. The Morgan fingerprint density at radius 3 is 1.58 bits per heavy atom. The van der Waals surface area contributed by atoms with Gasteiger partial charge in [0, 0.05) is 0 Å². The van der Waals surface area contributed by atoms with E-state index in [0.717, 1.165) is 24.3 Å². The van der Waals surface area contributed by atoms with Crippen molar-refractivity contribution in [1.82, 2.24) is 5.43 Å². The summed E-state index contributed by atoms with van der Waals surface area (Å²) >= 11 is 0. The second kappa shape index (κ2) is 7.74. The summed E-state index contributed by atoms with van der Waals surface area (Å²) in [6.07, 6.45) is -7.13. The van der Waals surface area contributed by atoms with E-state index in [9.17, 15) is 61.9 Å². The first-order chi connectivity index (χ1) is 13.6. The quantitative estimate of drug-likeness (QED) is 0.340. The number of amides is 1. The molecule has 176 valence electrons. The zero-order valence-electron chi connectivity index (χ0n) is 14.1. The van der Waals surface area contributed by atoms with Crippen LogP contribution in [0.25, 0.3) is 0 Å². The molecule has 31 heavy (non-hydrogen) atoms. The fourth-order valence-corrected chi connectivity index (χ4v) is 1.71. The Morgan fingerprint density at radius 2 is 1.16 bits per heavy atom. The molecule has 1 aromatic rings. The molecular weight excluding hydrogens is 475 g/mol. The van der Waals surface area contributed by atoms with Crippen molar-refractivity contribution < 1.29 is 67.0 Å². The number of carbonyl (C=O) groups is 1. The van der Waals surface area contributed by atoms with Gasteiger partial charge in [-0.05, 0) is 29.8 Å². The number of benzene rings is 1. The van der Waals surface area contributed by atoms with Gasteiger partial charge in [-0.25, -0.2) is 5.43 Å². The van der Waals surface area contributed by atoms with Crippen molar-refractivity contribution in [2.75, 3.05) is 0 Å². The fraction of sp³-hybridized carbons (Fsp3) is 0.429. The van der Waals surface area contributed by atoms with Crippen molar-refractivity contribution in [2.24, 2.45) is 5.10 Å². The second-order valence-electron chi connectivity index (χ2n) is 5.66. The maximum absolute atomic E-state index is 13.5. The van der Waals surface area contributed by atoms with Crippen molar-refractivity contribution >= 4 is 12.1 Å². The first-order valence-electron chi connectivity index (χ1n) is 7.23. The lowest BCUT2D eigenvalue weighted by atomic mass is 9.93. The van der Waals surface area contributed by atoms with Crippen LogP contribution in [0.15, 0.2) is 29.4 Å². The van der Waals surface area contributed by atoms with Gasteiger partial charge < -0.3 is 5.11 Å². The smallest absolute Gasteiger partial charge is 0.460 e. The Morgan fingerprint density at radius 1 is 0.742 bits per heavy atom. The molecule has 0 saturated carbocycles. The lowest BCUT2D eigenvalue weighted by Gasteiger charge is -2.38. The number of carbonyl (C=O) groups excluding carboxylic acids is 1. The Labute approximate surface area is 162 Å². The van der Waals surface area contributed by atoms with Gasteiger partial charge in [-0.1, -0.05) is 0 Å². The van der Waals surface area contributed by atoms with E-state index in [1.165, 1.54) is 0 Å². The summed E-state index contributed by atoms with van der Waals surface area (Å²) in [5.41, 5.74) is 0.419. The molecule has 0 saturated heterocycles. The number of halogens is 13. The Kier molecular flexibility index (Phi) is 6.56. The number of rotatable bonds is 7. The number of hydrogen-bond donors (Lipinski definition) is 2. The molecule has 1 aromatic carbocycles. The van der Waals surface area contributed by atoms with Crippen LogP contribution >= 0.6 is 0 Å². The molecule has 0 aliphatic carbocycles. The molecule has 0 unspecified atom stereocenters. The average Bonchev–Trinajstić information content (AvgIpc) is 2.61. The van der Waals surface area contributed by atoms with E-state index >= 15 is 0 Å². The molecule has 0 radical (unpaired) electrons. The summed E-state index contributed by atoms with van der Waals surface area (Å²) in [4.78, 5) is 11.1. The van der Waals surface area contributed by atoms with E-state index in [0.29, 0.717) is 11.6 Å². The lowest BCUT2D eigenvalue weighted by Crippen LogP contribution is -2.71. The summed E-state index contributed by atoms with van der Waals surface area (Å²) < 4.78 is 168. The number of phenolic OH excluding ortho intramolecular Hbond substituents is 1. The Balaban J connectivity index is 3.23. The first kappa shape index (κ1) is 26.3. The van der Waals surface area contributed by atoms with E-state index in [4.69, 9.17) is 5.11 Å². The maximum atomic E-state index is 13.5. The molecule has 1 amide bonds. The topological polar surface area (TPSA) is 61.7 Å². The summed E-state index contributed by atoms with van der Waals surface area (Å²) in [6, 6.07) is 3.97. The van der Waals surface area contributed by atoms with E-state index in [-0.39, 0.29) is 11.3 Å². The number of nitrogens with zero attached hydrogens (tertiary/aromatic N) is 1. The van der Waals surface area contributed by atoms with Gasteiger partial charge >= 0.3 is 41.7 Å². The highest BCUT2D eigenvalue weighted by Crippen LogP contribution is 2.60. The number of alkyl halides is 13. The van der Waals surface area contributed by atoms with Crippen LogP contribution in [0.4, 0.5) is 57.1 Å². The standard InChI is InChI=1S/C14H7F13N2O2/c15-9(16,8(31)29-28-5-6-1-3-7(30)4-2-6)10(17,18)11(19,20)12(21,22)13(23,24)14(25,26)27/h1-5,30H,(H,29,31)/b28-5+. The summed E-state index contributed by atoms with van der Waals surface area (Å²) in [5, 5.41) is 11.6. The molecular formula is C14H7F13N2O2. The third kappa shape index (κ3) is 4.21. The van der Waals surface area contributed by atoms with Gasteiger partial charge in [0.15, 0.2) is 0 Å². The highest BCUT2D eigenvalue weighted by Gasteiger charge is 2.91. The number of phenols is 1. The molecule has 17 heteroatoms. The average molecular weight is 482 g/mol. The van der Waals surface area contributed by atoms with Crippen molar-refractivity contribution in [2.45, 2.75) is 35.8 Å². The van der Waals surface area contributed by atoms with Gasteiger partial charge in [-0.2, -0.15) is 62.2 Å². The summed E-state index contributed by atoms with van der Waals surface area (Å²) in [5.74, 6) is -42.6. The molecule has 0 aromatic heterocycles. The minimum absolute atomic E-state index is 0.116. The summed E-state index contributed by atoms with van der Waals surface area (Å²) in [7, 11) is 0. The zero-order valence-corrected chi connectivity index (χ0v) is 14.1. The van der Waals surface area contributed by atoms with Crippen LogP contribution in [0.3, 0.4) is 0 Å². The molecule has 1 rings (SSSR count). The second-order valence-corrected chi connectivity index (χ2v) is 5.66. The lowest BCUT2D eigenvalue weighted by molar-refractivity contribution is -0.436. The fourth-order valence-electron chi connectivity index (χ4n) is 1.71. The van der Waals surface area contributed by atoms with Crippen LogP contribution < -0.4 is 5.43 Å². The number of aromatic hydroxyl groups is 1.